The van der Waals surface area contributed by atoms with Crippen LogP contribution in [0, 0.1) is 0 Å². The zero-order valence-electron chi connectivity index (χ0n) is 13.6. The molecule has 1 atom stereocenters. The van der Waals surface area contributed by atoms with Crippen LogP contribution in [-0.4, -0.2) is 28.5 Å². The minimum atomic E-state index is -0.0620. The highest BCUT2D eigenvalue weighted by atomic mass is 16.5. The van der Waals surface area contributed by atoms with Gasteiger partial charge in [-0.3, -0.25) is 0 Å². The topological polar surface area (TPSA) is 61.2 Å². The van der Waals surface area contributed by atoms with Crippen LogP contribution in [0.1, 0.15) is 17.2 Å². The summed E-state index contributed by atoms with van der Waals surface area (Å²) in [5, 5.41) is 7.85. The van der Waals surface area contributed by atoms with Gasteiger partial charge in [0.2, 0.25) is 5.95 Å². The van der Waals surface area contributed by atoms with Crippen molar-refractivity contribution in [3.63, 3.8) is 0 Å². The molecule has 2 aliphatic heterocycles. The summed E-state index contributed by atoms with van der Waals surface area (Å²) in [5.41, 5.74) is 4.37. The summed E-state index contributed by atoms with van der Waals surface area (Å²) < 4.78 is 13.2. The second kappa shape index (κ2) is 5.37. The zero-order valence-corrected chi connectivity index (χ0v) is 13.6. The number of nitrogens with zero attached hydrogens (tertiary/aromatic N) is 3. The van der Waals surface area contributed by atoms with Gasteiger partial charge in [0, 0.05) is 11.1 Å². The SMILES string of the molecule is COc1ccc([C@H]2C3=C(Nc4ncnn42)c2ccccc2OC3)cc1. The molecule has 2 aromatic carbocycles. The molecule has 6 nitrogen and oxygen atoms in total. The van der Waals surface area contributed by atoms with Crippen molar-refractivity contribution in [1.29, 1.82) is 0 Å². The molecule has 3 heterocycles. The van der Waals surface area contributed by atoms with Crippen molar-refractivity contribution < 1.29 is 9.47 Å². The van der Waals surface area contributed by atoms with Crippen molar-refractivity contribution in [3.8, 4) is 11.5 Å². The minimum absolute atomic E-state index is 0.0620. The van der Waals surface area contributed by atoms with Crippen molar-refractivity contribution >= 4 is 11.6 Å². The fourth-order valence-corrected chi connectivity index (χ4v) is 3.48. The maximum atomic E-state index is 6.00. The van der Waals surface area contributed by atoms with Crippen LogP contribution < -0.4 is 14.8 Å². The van der Waals surface area contributed by atoms with E-state index in [0.717, 1.165) is 39.8 Å². The number of hydrogen-bond acceptors (Lipinski definition) is 5. The molecule has 6 heteroatoms. The normalized spacial score (nSPS) is 17.7. The number of rotatable bonds is 2. The van der Waals surface area contributed by atoms with Gasteiger partial charge >= 0.3 is 0 Å². The highest BCUT2D eigenvalue weighted by Crippen LogP contribution is 2.43. The fraction of sp³-hybridized carbons (Fsp3) is 0.158. The third-order valence-corrected chi connectivity index (χ3v) is 4.68. The Labute approximate surface area is 144 Å². The molecule has 0 amide bonds. The summed E-state index contributed by atoms with van der Waals surface area (Å²) in [6.45, 7) is 0.509. The predicted molar refractivity (Wildman–Crippen MR) is 93.6 cm³/mol. The van der Waals surface area contributed by atoms with Crippen molar-refractivity contribution in [3.05, 3.63) is 71.6 Å². The van der Waals surface area contributed by atoms with Crippen molar-refractivity contribution in [2.45, 2.75) is 6.04 Å². The molecule has 5 rings (SSSR count). The van der Waals surface area contributed by atoms with Crippen LogP contribution in [0.3, 0.4) is 0 Å². The minimum Gasteiger partial charge on any atom is -0.497 e. The molecule has 0 saturated carbocycles. The number of hydrogen-bond donors (Lipinski definition) is 1. The Bertz CT molecular complexity index is 975. The number of methoxy groups -OCH3 is 1. The van der Waals surface area contributed by atoms with Gasteiger partial charge < -0.3 is 14.8 Å². The maximum Gasteiger partial charge on any atom is 0.226 e. The average molecular weight is 332 g/mol. The number of nitrogens with one attached hydrogen (secondary N) is 1. The lowest BCUT2D eigenvalue weighted by molar-refractivity contribution is 0.328. The van der Waals surface area contributed by atoms with Gasteiger partial charge in [-0.25, -0.2) is 4.68 Å². The summed E-state index contributed by atoms with van der Waals surface area (Å²) in [7, 11) is 1.67. The van der Waals surface area contributed by atoms with Gasteiger partial charge in [0.1, 0.15) is 30.5 Å². The summed E-state index contributed by atoms with van der Waals surface area (Å²) in [6.07, 6.45) is 1.57. The van der Waals surface area contributed by atoms with Crippen LogP contribution in [0.15, 0.2) is 60.4 Å². The van der Waals surface area contributed by atoms with E-state index in [1.54, 1.807) is 13.4 Å². The smallest absolute Gasteiger partial charge is 0.226 e. The van der Waals surface area contributed by atoms with E-state index in [1.807, 2.05) is 35.0 Å². The molecular formula is C19H16N4O2. The Kier molecular flexibility index (Phi) is 3.03. The summed E-state index contributed by atoms with van der Waals surface area (Å²) in [4.78, 5) is 4.37. The maximum absolute atomic E-state index is 6.00. The van der Waals surface area contributed by atoms with E-state index in [-0.39, 0.29) is 6.04 Å². The van der Waals surface area contributed by atoms with E-state index in [4.69, 9.17) is 9.47 Å². The third-order valence-electron chi connectivity index (χ3n) is 4.68. The summed E-state index contributed by atoms with van der Waals surface area (Å²) >= 11 is 0. The third kappa shape index (κ3) is 2.11. The lowest BCUT2D eigenvalue weighted by Crippen LogP contribution is -2.30. The lowest BCUT2D eigenvalue weighted by atomic mass is 9.92. The molecular weight excluding hydrogens is 316 g/mol. The zero-order chi connectivity index (χ0) is 16.8. The highest BCUT2D eigenvalue weighted by molar-refractivity contribution is 5.84. The monoisotopic (exact) mass is 332 g/mol. The average Bonchev–Trinajstić information content (AvgIpc) is 3.14. The van der Waals surface area contributed by atoms with Gasteiger partial charge in [0.25, 0.3) is 0 Å². The number of fused-ring (bicyclic) bond motifs is 3. The van der Waals surface area contributed by atoms with Gasteiger partial charge in [0.15, 0.2) is 0 Å². The van der Waals surface area contributed by atoms with E-state index in [0.29, 0.717) is 6.61 Å². The van der Waals surface area contributed by atoms with Gasteiger partial charge in [0.05, 0.1) is 12.8 Å². The first-order valence-corrected chi connectivity index (χ1v) is 8.11. The van der Waals surface area contributed by atoms with E-state index in [2.05, 4.69) is 33.6 Å². The number of aromatic nitrogens is 3. The molecule has 2 aliphatic rings. The molecule has 1 aromatic heterocycles. The Morgan fingerprint density at radius 2 is 2.00 bits per heavy atom. The quantitative estimate of drug-likeness (QED) is 0.781. The lowest BCUT2D eigenvalue weighted by Gasteiger charge is -2.34. The second-order valence-corrected chi connectivity index (χ2v) is 6.01. The van der Waals surface area contributed by atoms with E-state index in [9.17, 15) is 0 Å². The first kappa shape index (κ1) is 14.1. The van der Waals surface area contributed by atoms with Crippen LogP contribution in [0.2, 0.25) is 0 Å². The molecule has 25 heavy (non-hydrogen) atoms. The standard InChI is InChI=1S/C19H16N4O2/c1-24-13-8-6-12(7-9-13)18-15-10-25-16-5-3-2-4-14(16)17(15)22-19-20-11-21-23(18)19/h2-9,11,18H,10H2,1H3,(H,20,21,22)/t18-/m0/s1. The Morgan fingerprint density at radius 1 is 1.16 bits per heavy atom. The van der Waals surface area contributed by atoms with Gasteiger partial charge in [-0.05, 0) is 29.8 Å². The van der Waals surface area contributed by atoms with E-state index >= 15 is 0 Å². The largest absolute Gasteiger partial charge is 0.497 e. The molecule has 1 N–H and O–H groups in total. The molecule has 0 fully saturated rings. The van der Waals surface area contributed by atoms with Crippen molar-refractivity contribution in [1.82, 2.24) is 14.8 Å². The molecule has 0 bridgehead atoms. The number of para-hydroxylation sites is 1. The predicted octanol–water partition coefficient (Wildman–Crippen LogP) is 3.11. The second-order valence-electron chi connectivity index (χ2n) is 6.01. The van der Waals surface area contributed by atoms with Gasteiger partial charge in [-0.2, -0.15) is 10.1 Å². The van der Waals surface area contributed by atoms with E-state index < -0.39 is 0 Å². The number of ether oxygens (including phenoxy) is 2. The van der Waals surface area contributed by atoms with Crippen LogP contribution in [0.5, 0.6) is 11.5 Å². The van der Waals surface area contributed by atoms with Crippen LogP contribution in [-0.2, 0) is 0 Å². The van der Waals surface area contributed by atoms with Gasteiger partial charge in [-0.1, -0.05) is 24.3 Å². The highest BCUT2D eigenvalue weighted by Gasteiger charge is 2.34. The first-order chi connectivity index (χ1) is 12.3. The van der Waals surface area contributed by atoms with Crippen LogP contribution in [0.4, 0.5) is 5.95 Å². The molecule has 0 spiro atoms. The molecule has 0 unspecified atom stereocenters. The van der Waals surface area contributed by atoms with Crippen LogP contribution in [0.25, 0.3) is 5.70 Å². The Balaban J connectivity index is 1.69. The van der Waals surface area contributed by atoms with E-state index in [1.165, 1.54) is 0 Å². The van der Waals surface area contributed by atoms with Gasteiger partial charge in [-0.15, -0.1) is 0 Å². The molecule has 124 valence electrons. The number of benzene rings is 2. The summed E-state index contributed by atoms with van der Waals surface area (Å²) in [5.74, 6) is 2.45. The Morgan fingerprint density at radius 3 is 2.84 bits per heavy atom. The number of anilines is 1. The first-order valence-electron chi connectivity index (χ1n) is 8.11. The summed E-state index contributed by atoms with van der Waals surface area (Å²) in [6, 6.07) is 16.0. The molecule has 0 saturated heterocycles. The Hall–Kier alpha value is -3.28. The fourth-order valence-electron chi connectivity index (χ4n) is 3.48. The molecule has 0 aliphatic carbocycles. The van der Waals surface area contributed by atoms with Crippen molar-refractivity contribution in [2.75, 3.05) is 19.0 Å². The molecule has 0 radical (unpaired) electrons. The molecule has 3 aromatic rings. The van der Waals surface area contributed by atoms with Crippen LogP contribution >= 0.6 is 0 Å². The van der Waals surface area contributed by atoms with Crippen molar-refractivity contribution in [2.24, 2.45) is 0 Å².